The molecule has 0 saturated carbocycles. The van der Waals surface area contributed by atoms with Crippen LogP contribution in [0.4, 0.5) is 0 Å². The third-order valence-corrected chi connectivity index (χ3v) is 1.66. The van der Waals surface area contributed by atoms with Crippen molar-refractivity contribution in [3.63, 3.8) is 0 Å². The SMILES string of the molecule is [CH2]CC/C=C(\CC)CCC. The predicted molar refractivity (Wildman–Crippen MR) is 47.9 cm³/mol. The van der Waals surface area contributed by atoms with Crippen LogP contribution in [-0.2, 0) is 0 Å². The minimum Gasteiger partial charge on any atom is -0.0853 e. The molecule has 0 aromatic carbocycles. The molecule has 59 valence electrons. The first kappa shape index (κ1) is 9.74. The monoisotopic (exact) mass is 139 g/mol. The Morgan fingerprint density at radius 3 is 2.50 bits per heavy atom. The Morgan fingerprint density at radius 2 is 2.10 bits per heavy atom. The van der Waals surface area contributed by atoms with Crippen LogP contribution in [-0.4, -0.2) is 0 Å². The van der Waals surface area contributed by atoms with Crippen molar-refractivity contribution < 1.29 is 0 Å². The number of hydrogen-bond acceptors (Lipinski definition) is 0. The summed E-state index contributed by atoms with van der Waals surface area (Å²) in [6.07, 6.45) is 8.30. The lowest BCUT2D eigenvalue weighted by Gasteiger charge is -2.00. The second-order valence-corrected chi connectivity index (χ2v) is 2.61. The highest BCUT2D eigenvalue weighted by Crippen LogP contribution is 2.10. The summed E-state index contributed by atoms with van der Waals surface area (Å²) in [6.45, 7) is 8.26. The molecule has 0 bridgehead atoms. The molecular formula is C10H19. The fourth-order valence-electron chi connectivity index (χ4n) is 1.05. The van der Waals surface area contributed by atoms with Gasteiger partial charge in [0.1, 0.15) is 0 Å². The summed E-state index contributed by atoms with van der Waals surface area (Å²) in [6, 6.07) is 0. The van der Waals surface area contributed by atoms with E-state index in [4.69, 9.17) is 0 Å². The van der Waals surface area contributed by atoms with Gasteiger partial charge in [0, 0.05) is 0 Å². The van der Waals surface area contributed by atoms with E-state index in [1.165, 1.54) is 19.3 Å². The molecule has 0 aromatic rings. The second kappa shape index (κ2) is 6.85. The highest BCUT2D eigenvalue weighted by atomic mass is 14.0. The van der Waals surface area contributed by atoms with Crippen LogP contribution in [0, 0.1) is 6.92 Å². The van der Waals surface area contributed by atoms with Gasteiger partial charge >= 0.3 is 0 Å². The molecule has 0 unspecified atom stereocenters. The van der Waals surface area contributed by atoms with Gasteiger partial charge in [-0.1, -0.05) is 38.8 Å². The van der Waals surface area contributed by atoms with E-state index in [1.807, 2.05) is 0 Å². The maximum absolute atomic E-state index is 3.81. The van der Waals surface area contributed by atoms with E-state index in [9.17, 15) is 0 Å². The van der Waals surface area contributed by atoms with Crippen molar-refractivity contribution in [2.75, 3.05) is 0 Å². The molecule has 0 saturated heterocycles. The lowest BCUT2D eigenvalue weighted by atomic mass is 10.1. The summed E-state index contributed by atoms with van der Waals surface area (Å²) < 4.78 is 0. The quantitative estimate of drug-likeness (QED) is 0.509. The standard InChI is InChI=1S/C10H19/c1-4-7-9-10(6-3)8-5-2/h9H,1,4-8H2,2-3H3/b10-9+. The van der Waals surface area contributed by atoms with Crippen LogP contribution < -0.4 is 0 Å². The van der Waals surface area contributed by atoms with Crippen molar-refractivity contribution in [2.24, 2.45) is 0 Å². The van der Waals surface area contributed by atoms with Crippen LogP contribution in [0.1, 0.15) is 46.0 Å². The van der Waals surface area contributed by atoms with Crippen LogP contribution in [0.5, 0.6) is 0 Å². The second-order valence-electron chi connectivity index (χ2n) is 2.61. The Hall–Kier alpha value is -0.260. The van der Waals surface area contributed by atoms with Gasteiger partial charge < -0.3 is 0 Å². The van der Waals surface area contributed by atoms with Crippen LogP contribution in [0.25, 0.3) is 0 Å². The van der Waals surface area contributed by atoms with Gasteiger partial charge in [-0.2, -0.15) is 0 Å². The molecule has 0 rings (SSSR count). The number of allylic oxidation sites excluding steroid dienone is 2. The van der Waals surface area contributed by atoms with Gasteiger partial charge in [0.25, 0.3) is 0 Å². The third kappa shape index (κ3) is 4.60. The molecule has 10 heavy (non-hydrogen) atoms. The molecule has 0 heterocycles. The lowest BCUT2D eigenvalue weighted by Crippen LogP contribution is -1.79. The Bertz CT molecular complexity index is 90.2. The van der Waals surface area contributed by atoms with Crippen molar-refractivity contribution in [1.29, 1.82) is 0 Å². The van der Waals surface area contributed by atoms with E-state index in [-0.39, 0.29) is 0 Å². The Morgan fingerprint density at radius 1 is 1.40 bits per heavy atom. The molecule has 0 aromatic heterocycles. The van der Waals surface area contributed by atoms with E-state index in [0.717, 1.165) is 12.8 Å². The summed E-state index contributed by atoms with van der Waals surface area (Å²) in [5, 5.41) is 0. The van der Waals surface area contributed by atoms with E-state index in [1.54, 1.807) is 5.57 Å². The average molecular weight is 139 g/mol. The molecule has 0 N–H and O–H groups in total. The number of rotatable bonds is 5. The summed E-state index contributed by atoms with van der Waals surface area (Å²) in [4.78, 5) is 0. The molecule has 0 fully saturated rings. The highest BCUT2D eigenvalue weighted by molar-refractivity contribution is 5.00. The number of hydrogen-bond donors (Lipinski definition) is 0. The smallest absolute Gasteiger partial charge is 0.0323 e. The maximum atomic E-state index is 3.81. The van der Waals surface area contributed by atoms with Crippen molar-refractivity contribution >= 4 is 0 Å². The zero-order valence-electron chi connectivity index (χ0n) is 7.32. The Kier molecular flexibility index (Phi) is 6.68. The van der Waals surface area contributed by atoms with Gasteiger partial charge in [-0.15, -0.1) is 0 Å². The summed E-state index contributed by atoms with van der Waals surface area (Å²) >= 11 is 0. The van der Waals surface area contributed by atoms with Gasteiger partial charge in [0.2, 0.25) is 0 Å². The molecule has 0 atom stereocenters. The van der Waals surface area contributed by atoms with E-state index in [0.29, 0.717) is 0 Å². The molecule has 0 aliphatic carbocycles. The highest BCUT2D eigenvalue weighted by Gasteiger charge is 1.89. The fourth-order valence-corrected chi connectivity index (χ4v) is 1.05. The van der Waals surface area contributed by atoms with Crippen LogP contribution in [0.15, 0.2) is 11.6 Å². The topological polar surface area (TPSA) is 0 Å². The summed E-state index contributed by atoms with van der Waals surface area (Å²) in [5.74, 6) is 0. The fraction of sp³-hybridized carbons (Fsp3) is 0.700. The normalized spacial score (nSPS) is 12.1. The van der Waals surface area contributed by atoms with E-state index in [2.05, 4.69) is 26.8 Å². The molecule has 0 aliphatic heterocycles. The molecule has 0 aliphatic rings. The zero-order chi connectivity index (χ0) is 7.82. The maximum Gasteiger partial charge on any atom is -0.0323 e. The minimum absolute atomic E-state index is 1.03. The zero-order valence-corrected chi connectivity index (χ0v) is 7.32. The predicted octanol–water partition coefficient (Wildman–Crippen LogP) is 3.74. The van der Waals surface area contributed by atoms with E-state index < -0.39 is 0 Å². The third-order valence-electron chi connectivity index (χ3n) is 1.66. The van der Waals surface area contributed by atoms with Crippen molar-refractivity contribution in [2.45, 2.75) is 46.0 Å². The van der Waals surface area contributed by atoms with Gasteiger partial charge in [0.15, 0.2) is 0 Å². The first-order valence-corrected chi connectivity index (χ1v) is 4.32. The summed E-state index contributed by atoms with van der Waals surface area (Å²) in [7, 11) is 0. The molecule has 0 amide bonds. The minimum atomic E-state index is 1.03. The lowest BCUT2D eigenvalue weighted by molar-refractivity contribution is 0.843. The molecule has 0 heteroatoms. The Labute approximate surface area is 65.3 Å². The Balaban J connectivity index is 3.55. The van der Waals surface area contributed by atoms with E-state index >= 15 is 0 Å². The first-order chi connectivity index (χ1) is 4.85. The van der Waals surface area contributed by atoms with Gasteiger partial charge in [0.05, 0.1) is 0 Å². The van der Waals surface area contributed by atoms with Crippen LogP contribution in [0.2, 0.25) is 0 Å². The number of unbranched alkanes of at least 4 members (excludes halogenated alkanes) is 1. The van der Waals surface area contributed by atoms with Gasteiger partial charge in [-0.25, -0.2) is 0 Å². The van der Waals surface area contributed by atoms with Crippen molar-refractivity contribution in [3.8, 4) is 0 Å². The molecule has 0 spiro atoms. The largest absolute Gasteiger partial charge is 0.0853 e. The molecule has 0 nitrogen and oxygen atoms in total. The van der Waals surface area contributed by atoms with Gasteiger partial charge in [-0.05, 0) is 25.7 Å². The van der Waals surface area contributed by atoms with Crippen LogP contribution in [0.3, 0.4) is 0 Å². The molecular weight excluding hydrogens is 120 g/mol. The van der Waals surface area contributed by atoms with Gasteiger partial charge in [-0.3, -0.25) is 0 Å². The van der Waals surface area contributed by atoms with Crippen LogP contribution >= 0.6 is 0 Å². The van der Waals surface area contributed by atoms with Crippen molar-refractivity contribution in [3.05, 3.63) is 18.6 Å². The molecule has 1 radical (unpaired) electrons. The van der Waals surface area contributed by atoms with Crippen molar-refractivity contribution in [1.82, 2.24) is 0 Å². The first-order valence-electron chi connectivity index (χ1n) is 4.32. The summed E-state index contributed by atoms with van der Waals surface area (Å²) in [5.41, 5.74) is 1.60. The average Bonchev–Trinajstić information content (AvgIpc) is 1.98.